The molecule has 0 N–H and O–H groups in total. The van der Waals surface area contributed by atoms with E-state index in [-0.39, 0.29) is 5.56 Å². The Balaban J connectivity index is 2.50. The number of hydrogen-bond donors (Lipinski definition) is 0. The Labute approximate surface area is 125 Å². The van der Waals surface area contributed by atoms with E-state index >= 15 is 0 Å². The third kappa shape index (κ3) is 3.21. The highest BCUT2D eigenvalue weighted by Gasteiger charge is 2.27. The van der Waals surface area contributed by atoms with Crippen LogP contribution in [0.25, 0.3) is 11.1 Å². The third-order valence-electron chi connectivity index (χ3n) is 3.74. The molecule has 2 aromatic carbocycles. The van der Waals surface area contributed by atoms with Crippen molar-refractivity contribution in [2.75, 3.05) is 0 Å². The van der Waals surface area contributed by atoms with Crippen LogP contribution in [0.5, 0.6) is 0 Å². The van der Waals surface area contributed by atoms with E-state index in [2.05, 4.69) is 33.4 Å². The van der Waals surface area contributed by atoms with E-state index in [9.17, 15) is 8.78 Å². The Morgan fingerprint density at radius 1 is 1.05 bits per heavy atom. The largest absolute Gasteiger partial charge is 0.291 e. The van der Waals surface area contributed by atoms with Gasteiger partial charge in [0.05, 0.1) is 0 Å². The number of aryl methyl sites for hydroxylation is 1. The zero-order valence-electron chi connectivity index (χ0n) is 12.7. The van der Waals surface area contributed by atoms with Crippen LogP contribution in [0.4, 0.5) is 8.78 Å². The first-order valence-corrected chi connectivity index (χ1v) is 7.08. The van der Waals surface area contributed by atoms with Crippen molar-refractivity contribution in [2.45, 2.75) is 32.6 Å². The van der Waals surface area contributed by atoms with E-state index in [0.29, 0.717) is 12.0 Å². The molecule has 0 unspecified atom stereocenters. The maximum atomic E-state index is 13.7. The topological polar surface area (TPSA) is 0 Å². The van der Waals surface area contributed by atoms with Gasteiger partial charge in [-0.2, -0.15) is 8.78 Å². The van der Waals surface area contributed by atoms with Crippen molar-refractivity contribution in [1.82, 2.24) is 0 Å². The molecule has 0 radical (unpaired) electrons. The first-order chi connectivity index (χ1) is 9.85. The highest BCUT2D eigenvalue weighted by molar-refractivity contribution is 5.66. The van der Waals surface area contributed by atoms with Gasteiger partial charge in [0, 0.05) is 5.56 Å². The van der Waals surface area contributed by atoms with Crippen LogP contribution in [-0.4, -0.2) is 0 Å². The summed E-state index contributed by atoms with van der Waals surface area (Å²) in [5.74, 6) is -2.59. The Morgan fingerprint density at radius 3 is 2.33 bits per heavy atom. The minimum absolute atomic E-state index is 0.0262. The monoisotopic (exact) mass is 286 g/mol. The van der Waals surface area contributed by atoms with Crippen LogP contribution in [0, 0.1) is 6.92 Å². The van der Waals surface area contributed by atoms with E-state index in [1.165, 1.54) is 23.3 Å². The number of allylic oxidation sites excluding steroid dienone is 1. The molecule has 21 heavy (non-hydrogen) atoms. The predicted molar refractivity (Wildman–Crippen MR) is 84.8 cm³/mol. The van der Waals surface area contributed by atoms with Gasteiger partial charge in [0.2, 0.25) is 0 Å². The molecule has 0 bridgehead atoms. The minimum atomic E-state index is -3.00. The summed E-state index contributed by atoms with van der Waals surface area (Å²) < 4.78 is 27.5. The fourth-order valence-corrected chi connectivity index (χ4v) is 2.47. The molecule has 0 aliphatic heterocycles. The zero-order valence-corrected chi connectivity index (χ0v) is 12.7. The molecule has 0 saturated heterocycles. The van der Waals surface area contributed by atoms with Gasteiger partial charge in [-0.05, 0) is 47.2 Å². The van der Waals surface area contributed by atoms with Crippen LogP contribution in [0.1, 0.15) is 36.5 Å². The lowest BCUT2D eigenvalue weighted by Gasteiger charge is -2.15. The van der Waals surface area contributed by atoms with Crippen molar-refractivity contribution in [3.63, 3.8) is 0 Å². The van der Waals surface area contributed by atoms with Gasteiger partial charge in [-0.25, -0.2) is 0 Å². The average Bonchev–Trinajstić information content (AvgIpc) is 2.47. The van der Waals surface area contributed by atoms with E-state index in [1.54, 1.807) is 6.07 Å². The molecule has 0 fully saturated rings. The molecule has 2 heteroatoms. The molecule has 0 aromatic heterocycles. The molecule has 0 aliphatic carbocycles. The molecule has 0 nitrogen and oxygen atoms in total. The summed E-state index contributed by atoms with van der Waals surface area (Å²) in [7, 11) is 0. The Hall–Kier alpha value is -1.96. The van der Waals surface area contributed by atoms with Gasteiger partial charge in [0.15, 0.2) is 0 Å². The SMILES string of the molecule is C=CC(F)(F)c1cccc(-c2ccc(C)c(C(C)C)c2)c1. The second-order valence-electron chi connectivity index (χ2n) is 5.63. The lowest BCUT2D eigenvalue weighted by molar-refractivity contribution is 0.0526. The molecule has 0 spiro atoms. The van der Waals surface area contributed by atoms with Crippen molar-refractivity contribution in [2.24, 2.45) is 0 Å². The normalized spacial score (nSPS) is 11.7. The summed E-state index contributed by atoms with van der Waals surface area (Å²) in [5.41, 5.74) is 4.21. The molecule has 110 valence electrons. The third-order valence-corrected chi connectivity index (χ3v) is 3.74. The Morgan fingerprint density at radius 2 is 1.71 bits per heavy atom. The summed E-state index contributed by atoms with van der Waals surface area (Å²) in [6, 6.07) is 12.6. The maximum absolute atomic E-state index is 13.7. The van der Waals surface area contributed by atoms with Crippen molar-refractivity contribution in [3.05, 3.63) is 71.8 Å². The lowest BCUT2D eigenvalue weighted by atomic mass is 9.92. The van der Waals surface area contributed by atoms with Gasteiger partial charge in [-0.1, -0.05) is 56.8 Å². The number of alkyl halides is 2. The Bertz CT molecular complexity index is 654. The summed E-state index contributed by atoms with van der Waals surface area (Å²) >= 11 is 0. The van der Waals surface area contributed by atoms with E-state index < -0.39 is 5.92 Å². The molecule has 2 rings (SSSR count). The van der Waals surface area contributed by atoms with Gasteiger partial charge in [0.1, 0.15) is 0 Å². The first kappa shape index (κ1) is 15.4. The number of rotatable bonds is 4. The molecule has 0 amide bonds. The molecule has 0 heterocycles. The van der Waals surface area contributed by atoms with Gasteiger partial charge >= 0.3 is 0 Å². The van der Waals surface area contributed by atoms with Gasteiger partial charge < -0.3 is 0 Å². The van der Waals surface area contributed by atoms with Crippen LogP contribution in [-0.2, 0) is 5.92 Å². The second-order valence-corrected chi connectivity index (χ2v) is 5.63. The Kier molecular flexibility index (Phi) is 4.26. The van der Waals surface area contributed by atoms with Crippen molar-refractivity contribution >= 4 is 0 Å². The molecule has 0 aliphatic rings. The van der Waals surface area contributed by atoms with Crippen molar-refractivity contribution in [1.29, 1.82) is 0 Å². The molecule has 0 saturated carbocycles. The molecule has 2 aromatic rings. The van der Waals surface area contributed by atoms with Crippen LogP contribution in [0.15, 0.2) is 55.1 Å². The van der Waals surface area contributed by atoms with Gasteiger partial charge in [-0.3, -0.25) is 0 Å². The standard InChI is InChI=1S/C19H20F2/c1-5-19(20,21)17-8-6-7-15(11-17)16-10-9-14(4)18(12-16)13(2)3/h5-13H,1H2,2-4H3. The number of benzene rings is 2. The van der Waals surface area contributed by atoms with Crippen molar-refractivity contribution < 1.29 is 8.78 Å². The average molecular weight is 286 g/mol. The number of halogens is 2. The summed E-state index contributed by atoms with van der Waals surface area (Å²) in [5, 5.41) is 0. The zero-order chi connectivity index (χ0) is 15.6. The van der Waals surface area contributed by atoms with Crippen LogP contribution < -0.4 is 0 Å². The molecular weight excluding hydrogens is 266 g/mol. The van der Waals surface area contributed by atoms with Crippen LogP contribution >= 0.6 is 0 Å². The maximum Gasteiger partial charge on any atom is 0.291 e. The summed E-state index contributed by atoms with van der Waals surface area (Å²) in [6.07, 6.45) is 0.681. The quantitative estimate of drug-likeness (QED) is 0.599. The fourth-order valence-electron chi connectivity index (χ4n) is 2.47. The molecule has 0 atom stereocenters. The van der Waals surface area contributed by atoms with Crippen molar-refractivity contribution in [3.8, 4) is 11.1 Å². The lowest BCUT2D eigenvalue weighted by Crippen LogP contribution is -2.08. The van der Waals surface area contributed by atoms with Gasteiger partial charge in [0.25, 0.3) is 5.92 Å². The predicted octanol–water partition coefficient (Wildman–Crippen LogP) is 6.06. The summed E-state index contributed by atoms with van der Waals surface area (Å²) in [6.45, 7) is 9.55. The van der Waals surface area contributed by atoms with E-state index in [1.807, 2.05) is 18.2 Å². The highest BCUT2D eigenvalue weighted by Crippen LogP contribution is 2.33. The second kappa shape index (κ2) is 5.80. The fraction of sp³-hybridized carbons (Fsp3) is 0.263. The van der Waals surface area contributed by atoms with Crippen LogP contribution in [0.3, 0.4) is 0 Å². The smallest absolute Gasteiger partial charge is 0.197 e. The van der Waals surface area contributed by atoms with Crippen LogP contribution in [0.2, 0.25) is 0 Å². The number of hydrogen-bond acceptors (Lipinski definition) is 0. The minimum Gasteiger partial charge on any atom is -0.197 e. The first-order valence-electron chi connectivity index (χ1n) is 7.08. The highest BCUT2D eigenvalue weighted by atomic mass is 19.3. The van der Waals surface area contributed by atoms with E-state index in [4.69, 9.17) is 0 Å². The summed E-state index contributed by atoms with van der Waals surface area (Å²) in [4.78, 5) is 0. The van der Waals surface area contributed by atoms with E-state index in [0.717, 1.165) is 11.1 Å². The van der Waals surface area contributed by atoms with Gasteiger partial charge in [-0.15, -0.1) is 0 Å². The molecular formula is C19H20F2.